The molecule has 2 aromatic carbocycles. The number of benzene rings is 2. The van der Waals surface area contributed by atoms with Crippen LogP contribution in [0.25, 0.3) is 10.9 Å². The average Bonchev–Trinajstić information content (AvgIpc) is 3.49. The van der Waals surface area contributed by atoms with Gasteiger partial charge in [0.15, 0.2) is 0 Å². The Morgan fingerprint density at radius 3 is 2.58 bits per heavy atom. The molecule has 9 nitrogen and oxygen atoms in total. The molecule has 0 radical (unpaired) electrons. The number of fused-ring (bicyclic) bond motifs is 1. The topological polar surface area (TPSA) is 101 Å². The number of nitrogens with one attached hydrogen (secondary N) is 2. The summed E-state index contributed by atoms with van der Waals surface area (Å²) in [6.45, 7) is 0.725. The standard InChI is InChI=1S/C26H21F3N6O3/c1-34-11-9-23(33-34)32-24(36)21-15-20(7-10-30-21)38-19-5-6-22-16(13-19)8-12-35(22)25(37)31-18-4-2-3-17(14-18)26(27,28)29/h2-8,10,12-15H,9,11H2,1H3,(H,31,37)(H,32,33,36). The number of pyridine rings is 1. The highest BCUT2D eigenvalue weighted by atomic mass is 19.4. The van der Waals surface area contributed by atoms with Crippen LogP contribution in [0.5, 0.6) is 11.5 Å². The summed E-state index contributed by atoms with van der Waals surface area (Å²) in [4.78, 5) is 29.4. The van der Waals surface area contributed by atoms with E-state index in [1.807, 2.05) is 7.05 Å². The predicted octanol–water partition coefficient (Wildman–Crippen LogP) is 5.31. The number of ether oxygens (including phenoxy) is 1. The molecule has 194 valence electrons. The molecule has 1 aliphatic heterocycles. The summed E-state index contributed by atoms with van der Waals surface area (Å²) < 4.78 is 46.1. The van der Waals surface area contributed by atoms with Crippen molar-refractivity contribution in [3.8, 4) is 11.5 Å². The Hall–Kier alpha value is -4.87. The zero-order chi connectivity index (χ0) is 26.9. The van der Waals surface area contributed by atoms with E-state index in [1.54, 1.807) is 35.3 Å². The quantitative estimate of drug-likeness (QED) is 0.379. The molecule has 0 saturated heterocycles. The van der Waals surface area contributed by atoms with E-state index in [0.717, 1.165) is 18.7 Å². The van der Waals surface area contributed by atoms with Gasteiger partial charge in [0.1, 0.15) is 23.0 Å². The maximum atomic E-state index is 13.0. The lowest BCUT2D eigenvalue weighted by Gasteiger charge is -2.11. The van der Waals surface area contributed by atoms with Gasteiger partial charge in [0.05, 0.1) is 11.1 Å². The molecule has 38 heavy (non-hydrogen) atoms. The smallest absolute Gasteiger partial charge is 0.416 e. The summed E-state index contributed by atoms with van der Waals surface area (Å²) in [6.07, 6.45) is -0.913. The summed E-state index contributed by atoms with van der Waals surface area (Å²) in [5, 5.41) is 11.8. The van der Waals surface area contributed by atoms with Crippen LogP contribution in [0.3, 0.4) is 0 Å². The van der Waals surface area contributed by atoms with E-state index in [1.165, 1.54) is 35.2 Å². The summed E-state index contributed by atoms with van der Waals surface area (Å²) in [7, 11) is 1.82. The molecule has 2 amide bonds. The number of carbonyl (C=O) groups excluding carboxylic acids is 2. The Bertz CT molecular complexity index is 1560. The van der Waals surface area contributed by atoms with Crippen molar-refractivity contribution < 1.29 is 27.5 Å². The molecule has 3 heterocycles. The minimum atomic E-state index is -4.52. The highest BCUT2D eigenvalue weighted by Crippen LogP contribution is 2.31. The van der Waals surface area contributed by atoms with Crippen LogP contribution in [0.1, 0.15) is 22.5 Å². The fourth-order valence-corrected chi connectivity index (χ4v) is 3.91. The van der Waals surface area contributed by atoms with Gasteiger partial charge in [0, 0.05) is 49.5 Å². The van der Waals surface area contributed by atoms with Crippen LogP contribution in [-0.2, 0) is 6.18 Å². The number of alkyl halides is 3. The van der Waals surface area contributed by atoms with E-state index in [9.17, 15) is 22.8 Å². The minimum absolute atomic E-state index is 0.0242. The van der Waals surface area contributed by atoms with E-state index in [0.29, 0.717) is 34.7 Å². The van der Waals surface area contributed by atoms with Gasteiger partial charge in [0.25, 0.3) is 5.91 Å². The van der Waals surface area contributed by atoms with E-state index in [-0.39, 0.29) is 11.4 Å². The number of hydrogen-bond acceptors (Lipinski definition) is 6. The number of carbonyl (C=O) groups is 2. The van der Waals surface area contributed by atoms with E-state index < -0.39 is 23.7 Å². The first-order valence-electron chi connectivity index (χ1n) is 11.5. The molecule has 2 aromatic heterocycles. The first kappa shape index (κ1) is 24.8. The van der Waals surface area contributed by atoms with Gasteiger partial charge in [-0.05, 0) is 48.5 Å². The third kappa shape index (κ3) is 5.43. The maximum absolute atomic E-state index is 13.0. The molecule has 0 spiro atoms. The van der Waals surface area contributed by atoms with Crippen LogP contribution < -0.4 is 15.4 Å². The van der Waals surface area contributed by atoms with E-state index in [2.05, 4.69) is 20.7 Å². The van der Waals surface area contributed by atoms with Gasteiger partial charge in [-0.15, -0.1) is 0 Å². The maximum Gasteiger partial charge on any atom is 0.416 e. The van der Waals surface area contributed by atoms with Crippen molar-refractivity contribution in [3.05, 3.63) is 84.3 Å². The largest absolute Gasteiger partial charge is 0.457 e. The molecule has 1 aliphatic rings. The van der Waals surface area contributed by atoms with Gasteiger partial charge in [-0.2, -0.15) is 18.3 Å². The van der Waals surface area contributed by atoms with Crippen LogP contribution in [0.2, 0.25) is 0 Å². The SMILES string of the molecule is CN1CCC(NC(=O)c2cc(Oc3ccc4c(ccn4C(=O)Nc4cccc(C(F)(F)F)c4)c3)ccn2)=N1. The van der Waals surface area contributed by atoms with Gasteiger partial charge in [-0.3, -0.25) is 19.4 Å². The third-order valence-electron chi connectivity index (χ3n) is 5.74. The van der Waals surface area contributed by atoms with Crippen LogP contribution in [0, 0.1) is 0 Å². The zero-order valence-corrected chi connectivity index (χ0v) is 20.0. The normalized spacial score (nSPS) is 13.4. The summed E-state index contributed by atoms with van der Waals surface area (Å²) >= 11 is 0. The number of anilines is 1. The van der Waals surface area contributed by atoms with Gasteiger partial charge in [0.2, 0.25) is 0 Å². The number of amides is 2. The first-order valence-corrected chi connectivity index (χ1v) is 11.5. The molecule has 12 heteroatoms. The second kappa shape index (κ2) is 9.88. The van der Waals surface area contributed by atoms with Crippen molar-refractivity contribution in [2.24, 2.45) is 5.10 Å². The Morgan fingerprint density at radius 2 is 1.82 bits per heavy atom. The predicted molar refractivity (Wildman–Crippen MR) is 134 cm³/mol. The van der Waals surface area contributed by atoms with Crippen molar-refractivity contribution in [2.75, 3.05) is 18.9 Å². The number of hydrazone groups is 1. The number of aromatic nitrogens is 2. The highest BCUT2D eigenvalue weighted by Gasteiger charge is 2.30. The van der Waals surface area contributed by atoms with E-state index >= 15 is 0 Å². The molecule has 2 N–H and O–H groups in total. The number of rotatable bonds is 4. The van der Waals surface area contributed by atoms with Gasteiger partial charge >= 0.3 is 12.2 Å². The molecule has 4 aromatic rings. The van der Waals surface area contributed by atoms with Gasteiger partial charge in [-0.1, -0.05) is 6.07 Å². The van der Waals surface area contributed by atoms with Crippen molar-refractivity contribution in [3.63, 3.8) is 0 Å². The molecular weight excluding hydrogens is 501 g/mol. The lowest BCUT2D eigenvalue weighted by molar-refractivity contribution is -0.137. The van der Waals surface area contributed by atoms with Crippen molar-refractivity contribution in [2.45, 2.75) is 12.6 Å². The third-order valence-corrected chi connectivity index (χ3v) is 5.74. The minimum Gasteiger partial charge on any atom is -0.457 e. The van der Waals surface area contributed by atoms with Crippen LogP contribution in [0.4, 0.5) is 23.7 Å². The molecule has 0 unspecified atom stereocenters. The second-order valence-electron chi connectivity index (χ2n) is 8.53. The summed E-state index contributed by atoms with van der Waals surface area (Å²) in [5.74, 6) is 1.01. The van der Waals surface area contributed by atoms with E-state index in [4.69, 9.17) is 4.74 Å². The van der Waals surface area contributed by atoms with Crippen LogP contribution in [-0.4, -0.2) is 45.9 Å². The summed E-state index contributed by atoms with van der Waals surface area (Å²) in [5.41, 5.74) is -0.139. The Kier molecular flexibility index (Phi) is 6.45. The lowest BCUT2D eigenvalue weighted by atomic mass is 10.2. The van der Waals surface area contributed by atoms with Crippen molar-refractivity contribution >= 4 is 34.4 Å². The lowest BCUT2D eigenvalue weighted by Crippen LogP contribution is -2.30. The van der Waals surface area contributed by atoms with Crippen molar-refractivity contribution in [1.29, 1.82) is 0 Å². The fourth-order valence-electron chi connectivity index (χ4n) is 3.91. The number of nitrogens with zero attached hydrogens (tertiary/aromatic N) is 4. The first-order chi connectivity index (χ1) is 18.2. The Morgan fingerprint density at radius 1 is 1.00 bits per heavy atom. The van der Waals surface area contributed by atoms with Crippen molar-refractivity contribution in [1.82, 2.24) is 19.9 Å². The zero-order valence-electron chi connectivity index (χ0n) is 20.0. The molecule has 0 aliphatic carbocycles. The Balaban J connectivity index is 1.29. The monoisotopic (exact) mass is 522 g/mol. The van der Waals surface area contributed by atoms with Crippen LogP contribution in [0.15, 0.2) is 78.2 Å². The molecule has 0 atom stereocenters. The van der Waals surface area contributed by atoms with Gasteiger partial charge in [-0.25, -0.2) is 4.79 Å². The molecule has 0 saturated carbocycles. The summed E-state index contributed by atoms with van der Waals surface area (Å²) in [6, 6.07) is 13.6. The second-order valence-corrected chi connectivity index (χ2v) is 8.53. The van der Waals surface area contributed by atoms with Crippen LogP contribution >= 0.6 is 0 Å². The molecule has 5 rings (SSSR count). The average molecular weight is 522 g/mol. The Labute approximate surface area is 214 Å². The number of amidine groups is 1. The molecular formula is C26H21F3N6O3. The molecule has 0 fully saturated rings. The molecule has 0 bridgehead atoms. The number of halogens is 3. The van der Waals surface area contributed by atoms with Gasteiger partial charge < -0.3 is 15.4 Å². The fraction of sp³-hybridized carbons (Fsp3) is 0.154. The highest BCUT2D eigenvalue weighted by molar-refractivity contribution is 6.06. The number of hydrogen-bond donors (Lipinski definition) is 2.